The SMILES string of the molecule is CC1CCC(NC2CC(c3ccccc3)CCC2C)CC1. The molecule has 0 heterocycles. The molecular weight excluding hydrogens is 254 g/mol. The van der Waals surface area contributed by atoms with Crippen LogP contribution in [0.1, 0.15) is 70.3 Å². The van der Waals surface area contributed by atoms with Crippen molar-refractivity contribution in [3.8, 4) is 0 Å². The summed E-state index contributed by atoms with van der Waals surface area (Å²) in [4.78, 5) is 0. The first kappa shape index (κ1) is 15.1. The maximum absolute atomic E-state index is 4.03. The molecule has 21 heavy (non-hydrogen) atoms. The molecule has 2 aliphatic carbocycles. The average molecular weight is 285 g/mol. The van der Waals surface area contributed by atoms with E-state index < -0.39 is 0 Å². The van der Waals surface area contributed by atoms with Gasteiger partial charge in [-0.2, -0.15) is 0 Å². The second-order valence-electron chi connectivity index (χ2n) is 7.63. The van der Waals surface area contributed by atoms with E-state index in [1.54, 1.807) is 5.56 Å². The van der Waals surface area contributed by atoms with E-state index in [4.69, 9.17) is 0 Å². The van der Waals surface area contributed by atoms with Crippen molar-refractivity contribution >= 4 is 0 Å². The third kappa shape index (κ3) is 3.88. The molecule has 2 saturated carbocycles. The Morgan fingerprint density at radius 2 is 1.57 bits per heavy atom. The van der Waals surface area contributed by atoms with Crippen LogP contribution in [0.15, 0.2) is 30.3 Å². The van der Waals surface area contributed by atoms with Crippen molar-refractivity contribution in [1.29, 1.82) is 0 Å². The standard InChI is InChI=1S/C20H31N/c1-15-8-12-19(13-9-15)21-20-14-18(11-10-16(20)2)17-6-4-3-5-7-17/h3-7,15-16,18-21H,8-14H2,1-2H3. The number of hydrogen-bond acceptors (Lipinski definition) is 1. The first-order chi connectivity index (χ1) is 10.2. The van der Waals surface area contributed by atoms with Gasteiger partial charge in [0.05, 0.1) is 0 Å². The van der Waals surface area contributed by atoms with Gasteiger partial charge in [0, 0.05) is 12.1 Å². The zero-order valence-corrected chi connectivity index (χ0v) is 13.7. The Hall–Kier alpha value is -0.820. The van der Waals surface area contributed by atoms with Crippen molar-refractivity contribution in [3.05, 3.63) is 35.9 Å². The van der Waals surface area contributed by atoms with Crippen LogP contribution in [-0.4, -0.2) is 12.1 Å². The van der Waals surface area contributed by atoms with Crippen LogP contribution in [0.2, 0.25) is 0 Å². The van der Waals surface area contributed by atoms with E-state index in [1.807, 2.05) is 0 Å². The molecule has 2 aliphatic rings. The van der Waals surface area contributed by atoms with E-state index in [0.29, 0.717) is 0 Å². The summed E-state index contributed by atoms with van der Waals surface area (Å²) in [5.74, 6) is 2.55. The van der Waals surface area contributed by atoms with Crippen molar-refractivity contribution in [2.24, 2.45) is 11.8 Å². The van der Waals surface area contributed by atoms with Gasteiger partial charge in [-0.05, 0) is 68.3 Å². The molecule has 1 N–H and O–H groups in total. The van der Waals surface area contributed by atoms with Gasteiger partial charge in [-0.1, -0.05) is 44.2 Å². The van der Waals surface area contributed by atoms with Crippen molar-refractivity contribution in [1.82, 2.24) is 5.32 Å². The zero-order valence-electron chi connectivity index (χ0n) is 13.7. The smallest absolute Gasteiger partial charge is 0.0101 e. The Kier molecular flexibility index (Phi) is 5.00. The van der Waals surface area contributed by atoms with E-state index >= 15 is 0 Å². The van der Waals surface area contributed by atoms with Crippen LogP contribution >= 0.6 is 0 Å². The van der Waals surface area contributed by atoms with Crippen LogP contribution in [0.3, 0.4) is 0 Å². The highest BCUT2D eigenvalue weighted by Gasteiger charge is 2.30. The average Bonchev–Trinajstić information content (AvgIpc) is 2.52. The Balaban J connectivity index is 1.59. The number of nitrogens with one attached hydrogen (secondary N) is 1. The minimum atomic E-state index is 0.724. The van der Waals surface area contributed by atoms with Gasteiger partial charge in [-0.25, -0.2) is 0 Å². The molecular formula is C20H31N. The van der Waals surface area contributed by atoms with Crippen LogP contribution in [0.4, 0.5) is 0 Å². The fourth-order valence-corrected chi connectivity index (χ4v) is 4.31. The largest absolute Gasteiger partial charge is 0.311 e. The maximum atomic E-state index is 4.03. The monoisotopic (exact) mass is 285 g/mol. The number of hydrogen-bond donors (Lipinski definition) is 1. The molecule has 3 rings (SSSR count). The van der Waals surface area contributed by atoms with Crippen molar-refractivity contribution in [2.75, 3.05) is 0 Å². The predicted molar refractivity (Wildman–Crippen MR) is 90.5 cm³/mol. The Labute approximate surface area is 130 Å². The molecule has 1 aromatic rings. The fraction of sp³-hybridized carbons (Fsp3) is 0.700. The molecule has 0 bridgehead atoms. The summed E-state index contributed by atoms with van der Waals surface area (Å²) >= 11 is 0. The van der Waals surface area contributed by atoms with E-state index in [-0.39, 0.29) is 0 Å². The lowest BCUT2D eigenvalue weighted by Gasteiger charge is -2.39. The molecule has 0 saturated heterocycles. The molecule has 1 aromatic carbocycles. The summed E-state index contributed by atoms with van der Waals surface area (Å²) in [6.45, 7) is 4.86. The van der Waals surface area contributed by atoms with Gasteiger partial charge >= 0.3 is 0 Å². The Bertz CT molecular complexity index is 419. The molecule has 1 heteroatoms. The third-order valence-corrected chi connectivity index (χ3v) is 5.93. The summed E-state index contributed by atoms with van der Waals surface area (Å²) in [6.07, 6.45) is 9.69. The molecule has 116 valence electrons. The van der Waals surface area contributed by atoms with Gasteiger partial charge < -0.3 is 5.32 Å². The fourth-order valence-electron chi connectivity index (χ4n) is 4.31. The van der Waals surface area contributed by atoms with E-state index in [0.717, 1.165) is 29.8 Å². The van der Waals surface area contributed by atoms with Gasteiger partial charge in [-0.15, -0.1) is 0 Å². The summed E-state index contributed by atoms with van der Waals surface area (Å²) in [5.41, 5.74) is 1.55. The zero-order chi connectivity index (χ0) is 14.7. The lowest BCUT2D eigenvalue weighted by molar-refractivity contribution is 0.207. The molecule has 0 aliphatic heterocycles. The molecule has 0 spiro atoms. The maximum Gasteiger partial charge on any atom is 0.0101 e. The first-order valence-electron chi connectivity index (χ1n) is 9.03. The minimum absolute atomic E-state index is 0.724. The molecule has 3 unspecified atom stereocenters. The number of rotatable bonds is 3. The summed E-state index contributed by atoms with van der Waals surface area (Å²) in [6, 6.07) is 12.7. The van der Waals surface area contributed by atoms with Gasteiger partial charge in [0.15, 0.2) is 0 Å². The predicted octanol–water partition coefficient (Wildman–Crippen LogP) is 5.13. The minimum Gasteiger partial charge on any atom is -0.311 e. The summed E-state index contributed by atoms with van der Waals surface area (Å²) < 4.78 is 0. The normalized spacial score (nSPS) is 37.3. The molecule has 0 aromatic heterocycles. The van der Waals surface area contributed by atoms with Crippen LogP contribution in [-0.2, 0) is 0 Å². The highest BCUT2D eigenvalue weighted by Crippen LogP contribution is 2.36. The molecule has 1 nitrogen and oxygen atoms in total. The van der Waals surface area contributed by atoms with Crippen molar-refractivity contribution in [2.45, 2.75) is 76.8 Å². The topological polar surface area (TPSA) is 12.0 Å². The van der Waals surface area contributed by atoms with Gasteiger partial charge in [0.2, 0.25) is 0 Å². The highest BCUT2D eigenvalue weighted by molar-refractivity contribution is 5.20. The molecule has 0 radical (unpaired) electrons. The highest BCUT2D eigenvalue weighted by atomic mass is 15.0. The van der Waals surface area contributed by atoms with Crippen molar-refractivity contribution in [3.63, 3.8) is 0 Å². The van der Waals surface area contributed by atoms with Crippen LogP contribution in [0.25, 0.3) is 0 Å². The number of benzene rings is 1. The third-order valence-electron chi connectivity index (χ3n) is 5.93. The summed E-state index contributed by atoms with van der Waals surface area (Å²) in [5, 5.41) is 4.03. The lowest BCUT2D eigenvalue weighted by atomic mass is 9.75. The van der Waals surface area contributed by atoms with E-state index in [9.17, 15) is 0 Å². The van der Waals surface area contributed by atoms with Gasteiger partial charge in [-0.3, -0.25) is 0 Å². The molecule has 0 amide bonds. The van der Waals surface area contributed by atoms with E-state index in [1.165, 1.54) is 44.9 Å². The lowest BCUT2D eigenvalue weighted by Crippen LogP contribution is -2.46. The van der Waals surface area contributed by atoms with Crippen LogP contribution in [0.5, 0.6) is 0 Å². The second-order valence-corrected chi connectivity index (χ2v) is 7.63. The second kappa shape index (κ2) is 6.96. The summed E-state index contributed by atoms with van der Waals surface area (Å²) in [7, 11) is 0. The van der Waals surface area contributed by atoms with Gasteiger partial charge in [0.25, 0.3) is 0 Å². The Morgan fingerprint density at radius 3 is 2.29 bits per heavy atom. The molecule has 2 fully saturated rings. The first-order valence-corrected chi connectivity index (χ1v) is 9.03. The van der Waals surface area contributed by atoms with Crippen molar-refractivity contribution < 1.29 is 0 Å². The quantitative estimate of drug-likeness (QED) is 0.812. The molecule has 3 atom stereocenters. The van der Waals surface area contributed by atoms with E-state index in [2.05, 4.69) is 49.5 Å². The van der Waals surface area contributed by atoms with Crippen LogP contribution < -0.4 is 5.32 Å². The Morgan fingerprint density at radius 1 is 0.857 bits per heavy atom. The van der Waals surface area contributed by atoms with Gasteiger partial charge in [0.1, 0.15) is 0 Å². The van der Waals surface area contributed by atoms with Crippen LogP contribution in [0, 0.1) is 11.8 Å².